The highest BCUT2D eigenvalue weighted by atomic mass is 16.2. The zero-order valence-corrected chi connectivity index (χ0v) is 15.9. The number of amides is 2. The third-order valence-corrected chi connectivity index (χ3v) is 4.81. The first-order chi connectivity index (χ1) is 11.9. The summed E-state index contributed by atoms with van der Waals surface area (Å²) in [7, 11) is 0. The molecule has 0 bridgehead atoms. The van der Waals surface area contributed by atoms with Crippen molar-refractivity contribution in [1.29, 1.82) is 0 Å². The molecule has 0 radical (unpaired) electrons. The maximum atomic E-state index is 12.4. The van der Waals surface area contributed by atoms with Crippen molar-refractivity contribution < 1.29 is 9.59 Å². The number of anilines is 1. The van der Waals surface area contributed by atoms with Crippen molar-refractivity contribution in [3.8, 4) is 0 Å². The Hall–Kier alpha value is -2.10. The lowest BCUT2D eigenvalue weighted by Gasteiger charge is -2.23. The van der Waals surface area contributed by atoms with Crippen LogP contribution in [0.4, 0.5) is 5.69 Å². The Kier molecular flexibility index (Phi) is 6.80. The minimum atomic E-state index is -0.136. The molecule has 2 rings (SSSR count). The average molecular weight is 342 g/mol. The van der Waals surface area contributed by atoms with E-state index in [9.17, 15) is 9.59 Å². The molecule has 0 aromatic heterocycles. The lowest BCUT2D eigenvalue weighted by atomic mass is 9.97. The number of hydrogen-bond acceptors (Lipinski definition) is 2. The fraction of sp³-hybridized carbons (Fsp3) is 0.524. The minimum Gasteiger partial charge on any atom is -0.333 e. The lowest BCUT2D eigenvalue weighted by Crippen LogP contribution is -2.37. The van der Waals surface area contributed by atoms with E-state index in [-0.39, 0.29) is 18.4 Å². The summed E-state index contributed by atoms with van der Waals surface area (Å²) < 4.78 is 0. The second kappa shape index (κ2) is 8.84. The van der Waals surface area contributed by atoms with Gasteiger partial charge in [-0.05, 0) is 64.0 Å². The fourth-order valence-electron chi connectivity index (χ4n) is 3.49. The molecule has 2 amide bonds. The first-order valence-corrected chi connectivity index (χ1v) is 9.18. The molecule has 0 unspecified atom stereocenters. The Balaban J connectivity index is 1.96. The summed E-state index contributed by atoms with van der Waals surface area (Å²) in [6, 6.07) is 4.11. The molecular formula is C21H30N2O2. The van der Waals surface area contributed by atoms with E-state index in [0.717, 1.165) is 36.1 Å². The standard InChI is InChI=1S/C21H30N2O2/c1-15-12-16(2)21(17(3)13-15)22-20(25)14-23(18(4)24)11-10-19-8-6-5-7-9-19/h8,12-13H,5-7,9-11,14H2,1-4H3,(H,22,25). The number of allylic oxidation sites excluding steroid dienone is 1. The van der Waals surface area contributed by atoms with Gasteiger partial charge in [-0.15, -0.1) is 0 Å². The molecular weight excluding hydrogens is 312 g/mol. The second-order valence-corrected chi connectivity index (χ2v) is 7.12. The largest absolute Gasteiger partial charge is 0.333 e. The first-order valence-electron chi connectivity index (χ1n) is 9.18. The number of nitrogens with one attached hydrogen (secondary N) is 1. The molecule has 0 heterocycles. The fourth-order valence-corrected chi connectivity index (χ4v) is 3.49. The highest BCUT2D eigenvalue weighted by molar-refractivity contribution is 5.95. The Labute approximate surface area is 151 Å². The Bertz CT molecular complexity index is 653. The Morgan fingerprint density at radius 1 is 1.12 bits per heavy atom. The van der Waals surface area contributed by atoms with Crippen LogP contribution < -0.4 is 5.32 Å². The van der Waals surface area contributed by atoms with Crippen LogP contribution in [-0.4, -0.2) is 29.8 Å². The van der Waals surface area contributed by atoms with Gasteiger partial charge in [0.15, 0.2) is 0 Å². The van der Waals surface area contributed by atoms with Gasteiger partial charge in [-0.25, -0.2) is 0 Å². The molecule has 1 aromatic rings. The van der Waals surface area contributed by atoms with Gasteiger partial charge in [0.2, 0.25) is 11.8 Å². The van der Waals surface area contributed by atoms with E-state index >= 15 is 0 Å². The number of rotatable bonds is 6. The van der Waals surface area contributed by atoms with Crippen molar-refractivity contribution in [3.05, 3.63) is 40.5 Å². The van der Waals surface area contributed by atoms with Crippen LogP contribution in [0.2, 0.25) is 0 Å². The normalized spacial score (nSPS) is 14.0. The monoisotopic (exact) mass is 342 g/mol. The molecule has 0 aliphatic heterocycles. The summed E-state index contributed by atoms with van der Waals surface area (Å²) >= 11 is 0. The van der Waals surface area contributed by atoms with Gasteiger partial charge in [0, 0.05) is 19.2 Å². The van der Waals surface area contributed by atoms with Crippen LogP contribution in [0.5, 0.6) is 0 Å². The Morgan fingerprint density at radius 3 is 2.36 bits per heavy atom. The quantitative estimate of drug-likeness (QED) is 0.784. The van der Waals surface area contributed by atoms with Crippen molar-refractivity contribution in [3.63, 3.8) is 0 Å². The molecule has 1 aromatic carbocycles. The van der Waals surface area contributed by atoms with Gasteiger partial charge in [-0.3, -0.25) is 9.59 Å². The number of carbonyl (C=O) groups excluding carboxylic acids is 2. The van der Waals surface area contributed by atoms with E-state index in [1.54, 1.807) is 4.90 Å². The number of hydrogen-bond donors (Lipinski definition) is 1. The van der Waals surface area contributed by atoms with Crippen molar-refractivity contribution in [2.75, 3.05) is 18.4 Å². The van der Waals surface area contributed by atoms with Crippen LogP contribution in [0.3, 0.4) is 0 Å². The molecule has 4 heteroatoms. The number of benzene rings is 1. The van der Waals surface area contributed by atoms with Gasteiger partial charge in [0.05, 0.1) is 6.54 Å². The zero-order valence-electron chi connectivity index (χ0n) is 15.9. The van der Waals surface area contributed by atoms with Crippen molar-refractivity contribution in [1.82, 2.24) is 4.90 Å². The topological polar surface area (TPSA) is 49.4 Å². The summed E-state index contributed by atoms with van der Waals surface area (Å²) in [5.74, 6) is -0.188. The molecule has 0 saturated heterocycles. The van der Waals surface area contributed by atoms with Crippen LogP contribution in [0, 0.1) is 20.8 Å². The van der Waals surface area contributed by atoms with Gasteiger partial charge in [-0.2, -0.15) is 0 Å². The van der Waals surface area contributed by atoms with E-state index in [0.29, 0.717) is 6.54 Å². The summed E-state index contributed by atoms with van der Waals surface area (Å²) in [5, 5.41) is 2.98. The number of carbonyl (C=O) groups is 2. The highest BCUT2D eigenvalue weighted by Gasteiger charge is 2.16. The van der Waals surface area contributed by atoms with Crippen LogP contribution >= 0.6 is 0 Å². The predicted molar refractivity (Wildman–Crippen MR) is 103 cm³/mol. The van der Waals surface area contributed by atoms with Gasteiger partial charge < -0.3 is 10.2 Å². The molecule has 0 saturated carbocycles. The predicted octanol–water partition coefficient (Wildman–Crippen LogP) is 4.29. The minimum absolute atomic E-state index is 0.0519. The first kappa shape index (κ1) is 19.2. The van der Waals surface area contributed by atoms with Crippen LogP contribution in [0.15, 0.2) is 23.8 Å². The van der Waals surface area contributed by atoms with Crippen molar-refractivity contribution in [2.45, 2.75) is 59.8 Å². The molecule has 1 N–H and O–H groups in total. The van der Waals surface area contributed by atoms with Gasteiger partial charge in [0.25, 0.3) is 0 Å². The van der Waals surface area contributed by atoms with Crippen LogP contribution in [0.25, 0.3) is 0 Å². The molecule has 0 spiro atoms. The molecule has 4 nitrogen and oxygen atoms in total. The van der Waals surface area contributed by atoms with E-state index in [1.165, 1.54) is 30.9 Å². The number of aryl methyl sites for hydroxylation is 3. The third kappa shape index (κ3) is 5.73. The van der Waals surface area contributed by atoms with Gasteiger partial charge >= 0.3 is 0 Å². The van der Waals surface area contributed by atoms with E-state index in [4.69, 9.17) is 0 Å². The SMILES string of the molecule is CC(=O)N(CCC1=CCCCC1)CC(=O)Nc1c(C)cc(C)cc1C. The Morgan fingerprint density at radius 2 is 1.80 bits per heavy atom. The smallest absolute Gasteiger partial charge is 0.244 e. The maximum absolute atomic E-state index is 12.4. The average Bonchev–Trinajstić information content (AvgIpc) is 2.55. The van der Waals surface area contributed by atoms with Gasteiger partial charge in [-0.1, -0.05) is 29.3 Å². The molecule has 25 heavy (non-hydrogen) atoms. The highest BCUT2D eigenvalue weighted by Crippen LogP contribution is 2.22. The van der Waals surface area contributed by atoms with E-state index in [1.807, 2.05) is 20.8 Å². The molecule has 0 atom stereocenters. The zero-order chi connectivity index (χ0) is 18.4. The molecule has 1 aliphatic rings. The third-order valence-electron chi connectivity index (χ3n) is 4.81. The van der Waals surface area contributed by atoms with E-state index < -0.39 is 0 Å². The van der Waals surface area contributed by atoms with Gasteiger partial charge in [0.1, 0.15) is 0 Å². The van der Waals surface area contributed by atoms with E-state index in [2.05, 4.69) is 23.5 Å². The lowest BCUT2D eigenvalue weighted by molar-refractivity contribution is -0.132. The van der Waals surface area contributed by atoms with Crippen molar-refractivity contribution in [2.24, 2.45) is 0 Å². The summed E-state index contributed by atoms with van der Waals surface area (Å²) in [4.78, 5) is 26.0. The summed E-state index contributed by atoms with van der Waals surface area (Å²) in [6.07, 6.45) is 7.92. The molecule has 1 aliphatic carbocycles. The molecule has 0 fully saturated rings. The summed E-state index contributed by atoms with van der Waals surface area (Å²) in [6.45, 7) is 8.28. The number of nitrogens with zero attached hydrogens (tertiary/aromatic N) is 1. The van der Waals surface area contributed by atoms with Crippen LogP contribution in [-0.2, 0) is 9.59 Å². The van der Waals surface area contributed by atoms with Crippen molar-refractivity contribution >= 4 is 17.5 Å². The maximum Gasteiger partial charge on any atom is 0.244 e. The second-order valence-electron chi connectivity index (χ2n) is 7.12. The summed E-state index contributed by atoms with van der Waals surface area (Å²) in [5.41, 5.74) is 5.55. The van der Waals surface area contributed by atoms with Crippen LogP contribution in [0.1, 0.15) is 55.7 Å². The molecule has 136 valence electrons.